The Bertz CT molecular complexity index is 1290. The monoisotopic (exact) mass is 542 g/mol. The topological polar surface area (TPSA) is 52.6 Å². The van der Waals surface area contributed by atoms with Crippen LogP contribution in [0.5, 0.6) is 0 Å². The van der Waals surface area contributed by atoms with Crippen molar-refractivity contribution in [3.63, 3.8) is 0 Å². The van der Waals surface area contributed by atoms with E-state index in [0.29, 0.717) is 5.29 Å². The molecule has 0 aliphatic heterocycles. The summed E-state index contributed by atoms with van der Waals surface area (Å²) in [5.41, 5.74) is 0. The molecule has 194 valence electrons. The zero-order valence-corrected chi connectivity index (χ0v) is 23.2. The molecule has 4 nitrogen and oxygen atoms in total. The zero-order valence-electron chi connectivity index (χ0n) is 21.5. The Labute approximate surface area is 229 Å². The predicted molar refractivity (Wildman–Crippen MR) is 160 cm³/mol. The third kappa shape index (κ3) is 5.80. The van der Waals surface area contributed by atoms with Crippen LogP contribution in [0.3, 0.4) is 0 Å². The molecule has 0 bridgehead atoms. The number of benzene rings is 4. The minimum Gasteiger partial charge on any atom is -0.465 e. The Hall–Kier alpha value is -3.53. The summed E-state index contributed by atoms with van der Waals surface area (Å²) < 4.78 is 11.4. The first kappa shape index (κ1) is 27.5. The van der Waals surface area contributed by atoms with Crippen LogP contribution in [0, 0.1) is 0 Å². The number of thioether (sulfide) groups is 1. The number of ether oxygens (including phenoxy) is 2. The fourth-order valence-electron chi connectivity index (χ4n) is 4.51. The Morgan fingerprint density at radius 1 is 0.632 bits per heavy atom. The Kier molecular flexibility index (Phi) is 9.64. The van der Waals surface area contributed by atoms with Gasteiger partial charge in [-0.1, -0.05) is 109 Å². The third-order valence-electron chi connectivity index (χ3n) is 6.02. The van der Waals surface area contributed by atoms with Crippen LogP contribution in [0.25, 0.3) is 0 Å². The van der Waals surface area contributed by atoms with Gasteiger partial charge in [0.15, 0.2) is 0 Å². The average molecular weight is 543 g/mol. The molecule has 6 heteroatoms. The summed E-state index contributed by atoms with van der Waals surface area (Å²) in [6.07, 6.45) is 0. The van der Waals surface area contributed by atoms with E-state index in [2.05, 4.69) is 0 Å². The molecule has 0 aliphatic carbocycles. The second-order valence-corrected chi connectivity index (χ2v) is 12.9. The summed E-state index contributed by atoms with van der Waals surface area (Å²) in [4.78, 5) is 28.8. The highest BCUT2D eigenvalue weighted by Gasteiger charge is 2.41. The maximum Gasteiger partial charge on any atom is 0.336 e. The molecule has 0 saturated carbocycles. The highest BCUT2D eigenvalue weighted by Crippen LogP contribution is 2.49. The van der Waals surface area contributed by atoms with Crippen molar-refractivity contribution in [1.29, 1.82) is 0 Å². The molecule has 4 aromatic rings. The predicted octanol–water partition coefficient (Wildman–Crippen LogP) is 5.44. The van der Waals surface area contributed by atoms with Crippen molar-refractivity contribution >= 4 is 51.8 Å². The summed E-state index contributed by atoms with van der Waals surface area (Å²) in [6.45, 7) is 1.05. The molecular formula is C32H31O4PS. The van der Waals surface area contributed by atoms with Crippen LogP contribution >= 0.6 is 18.6 Å². The molecule has 4 rings (SSSR count). The normalized spacial score (nSPS) is 11.8. The van der Waals surface area contributed by atoms with E-state index in [1.807, 2.05) is 121 Å². The molecule has 0 aromatic heterocycles. The van der Waals surface area contributed by atoms with Crippen LogP contribution in [0.2, 0.25) is 0 Å². The molecule has 0 spiro atoms. The first-order chi connectivity index (χ1) is 18.6. The van der Waals surface area contributed by atoms with Gasteiger partial charge in [-0.25, -0.2) is 4.79 Å². The van der Waals surface area contributed by atoms with Crippen LogP contribution in [0.1, 0.15) is 13.8 Å². The van der Waals surface area contributed by atoms with Crippen molar-refractivity contribution in [2.45, 2.75) is 24.0 Å². The number of hydrogen-bond acceptors (Lipinski definition) is 5. The van der Waals surface area contributed by atoms with Crippen LogP contribution < -0.4 is 15.9 Å². The summed E-state index contributed by atoms with van der Waals surface area (Å²) >= 11 is 1.33. The van der Waals surface area contributed by atoms with E-state index in [-0.39, 0.29) is 13.2 Å². The van der Waals surface area contributed by atoms with E-state index in [4.69, 9.17) is 9.47 Å². The van der Waals surface area contributed by atoms with Crippen LogP contribution in [0.4, 0.5) is 0 Å². The van der Waals surface area contributed by atoms with Gasteiger partial charge in [-0.15, -0.1) is 11.8 Å². The molecular weight excluding hydrogens is 511 g/mol. The van der Waals surface area contributed by atoms with E-state index >= 15 is 0 Å². The summed E-state index contributed by atoms with van der Waals surface area (Å²) in [5, 5.41) is 2.37. The highest BCUT2D eigenvalue weighted by atomic mass is 32.2. The minimum atomic E-state index is -2.90. The first-order valence-corrected chi connectivity index (χ1v) is 15.3. The smallest absolute Gasteiger partial charge is 0.336 e. The number of carbonyl (C=O) groups is 2. The van der Waals surface area contributed by atoms with Crippen molar-refractivity contribution in [2.24, 2.45) is 0 Å². The molecule has 38 heavy (non-hydrogen) atoms. The minimum absolute atomic E-state index is 0.187. The van der Waals surface area contributed by atoms with E-state index in [1.54, 1.807) is 13.8 Å². The molecule has 0 N–H and O–H groups in total. The lowest BCUT2D eigenvalue weighted by Gasteiger charge is -2.34. The van der Waals surface area contributed by atoms with E-state index < -0.39 is 24.1 Å². The lowest BCUT2D eigenvalue weighted by atomic mass is 10.3. The molecule has 0 heterocycles. The number of rotatable bonds is 10. The van der Waals surface area contributed by atoms with Crippen LogP contribution in [0.15, 0.2) is 126 Å². The van der Waals surface area contributed by atoms with E-state index in [0.717, 1.165) is 20.8 Å². The van der Waals surface area contributed by atoms with Crippen molar-refractivity contribution < 1.29 is 19.1 Å². The molecule has 1 unspecified atom stereocenters. The number of carbonyl (C=O) groups excluding carboxylic acids is 2. The number of hydrogen-bond donors (Lipinski definition) is 0. The largest absolute Gasteiger partial charge is 0.465 e. The third-order valence-corrected chi connectivity index (χ3v) is 11.8. The quantitative estimate of drug-likeness (QED) is 0.152. The summed E-state index contributed by atoms with van der Waals surface area (Å²) in [7, 11) is 0. The first-order valence-electron chi connectivity index (χ1n) is 12.6. The second kappa shape index (κ2) is 13.3. The lowest BCUT2D eigenvalue weighted by molar-refractivity contribution is -0.142. The maximum atomic E-state index is 14.2. The Balaban J connectivity index is 2.23. The van der Waals surface area contributed by atoms with Gasteiger partial charge in [0.05, 0.1) is 18.5 Å². The van der Waals surface area contributed by atoms with Gasteiger partial charge >= 0.3 is 11.9 Å². The maximum absolute atomic E-state index is 14.2. The van der Waals surface area contributed by atoms with Gasteiger partial charge in [-0.3, -0.25) is 4.79 Å². The Morgan fingerprint density at radius 3 is 1.42 bits per heavy atom. The van der Waals surface area contributed by atoms with E-state index in [9.17, 15) is 9.59 Å². The molecule has 0 fully saturated rings. The van der Waals surface area contributed by atoms with E-state index in [1.165, 1.54) is 11.8 Å². The fourth-order valence-corrected chi connectivity index (χ4v) is 10.5. The Morgan fingerprint density at radius 2 is 1.03 bits per heavy atom. The molecule has 4 aromatic carbocycles. The van der Waals surface area contributed by atoms with Gasteiger partial charge < -0.3 is 9.47 Å². The fraction of sp³-hybridized carbons (Fsp3) is 0.156. The zero-order chi connectivity index (χ0) is 26.8. The van der Waals surface area contributed by atoms with Crippen molar-refractivity contribution in [1.82, 2.24) is 0 Å². The molecule has 0 radical (unpaired) electrons. The standard InChI is InChI=1S/C32H31O4PS/c1-3-35-31(33)29(30(32(34)36-4-2)38-28-23-15-8-16-24-28)37(25-17-9-5-10-18-25,26-19-11-6-12-20-26)27-21-13-7-14-22-27/h5-24,30H,3-4H2,1-2H3. The van der Waals surface area contributed by atoms with Gasteiger partial charge in [0.1, 0.15) is 5.25 Å². The summed E-state index contributed by atoms with van der Waals surface area (Å²) in [5.74, 6) is -0.949. The van der Waals surface area contributed by atoms with Gasteiger partial charge in [-0.2, -0.15) is 0 Å². The van der Waals surface area contributed by atoms with Crippen molar-refractivity contribution in [3.8, 4) is 0 Å². The SMILES string of the molecule is CCOC(=O)C(C(Sc1ccccc1)C(=O)OCC)=P(c1ccccc1)(c1ccccc1)c1ccccc1. The van der Waals surface area contributed by atoms with Crippen molar-refractivity contribution in [3.05, 3.63) is 121 Å². The summed E-state index contributed by atoms with van der Waals surface area (Å²) in [6, 6.07) is 39.6. The van der Waals surface area contributed by atoms with Gasteiger partial charge in [-0.05, 0) is 48.8 Å². The molecule has 0 saturated heterocycles. The van der Waals surface area contributed by atoms with Crippen LogP contribution in [-0.4, -0.2) is 35.7 Å². The average Bonchev–Trinajstić information content (AvgIpc) is 2.97. The highest BCUT2D eigenvalue weighted by molar-refractivity contribution is 8.04. The van der Waals surface area contributed by atoms with Gasteiger partial charge in [0.25, 0.3) is 0 Å². The molecule has 0 aliphatic rings. The number of esters is 2. The lowest BCUT2D eigenvalue weighted by Crippen LogP contribution is -2.42. The second-order valence-electron chi connectivity index (χ2n) is 8.35. The van der Waals surface area contributed by atoms with Crippen molar-refractivity contribution in [2.75, 3.05) is 13.2 Å². The molecule has 0 amide bonds. The van der Waals surface area contributed by atoms with Gasteiger partial charge in [0, 0.05) is 4.90 Å². The van der Waals surface area contributed by atoms with Crippen LogP contribution in [-0.2, 0) is 19.1 Å². The molecule has 1 atom stereocenters. The van der Waals surface area contributed by atoms with Gasteiger partial charge in [0.2, 0.25) is 0 Å².